The third kappa shape index (κ3) is 4.51. The highest BCUT2D eigenvalue weighted by molar-refractivity contribution is 6.31. The van der Waals surface area contributed by atoms with E-state index in [1.165, 1.54) is 6.07 Å². The lowest BCUT2D eigenvalue weighted by atomic mass is 10.1. The number of nitrogens with zero attached hydrogens (tertiary/aromatic N) is 3. The van der Waals surface area contributed by atoms with Gasteiger partial charge < -0.3 is 0 Å². The quantitative estimate of drug-likeness (QED) is 0.504. The van der Waals surface area contributed by atoms with Crippen LogP contribution in [0.4, 0.5) is 8.78 Å². The molecule has 3 rings (SSSR count). The van der Waals surface area contributed by atoms with Gasteiger partial charge in [0.1, 0.15) is 0 Å². The fourth-order valence-corrected chi connectivity index (χ4v) is 2.98. The Labute approximate surface area is 164 Å². The average molecular weight is 410 g/mol. The predicted molar refractivity (Wildman–Crippen MR) is 100 cm³/mol. The minimum atomic E-state index is -3.28. The van der Waals surface area contributed by atoms with Gasteiger partial charge in [0, 0.05) is 23.4 Å². The minimum absolute atomic E-state index is 0.0536. The lowest BCUT2D eigenvalue weighted by Crippen LogP contribution is -2.16. The van der Waals surface area contributed by atoms with Gasteiger partial charge >= 0.3 is 5.92 Å². The maximum Gasteiger partial charge on any atom is 0.303 e. The van der Waals surface area contributed by atoms with Gasteiger partial charge in [-0.1, -0.05) is 47.5 Å². The van der Waals surface area contributed by atoms with Crippen LogP contribution in [-0.4, -0.2) is 20.5 Å². The zero-order valence-corrected chi connectivity index (χ0v) is 15.8. The van der Waals surface area contributed by atoms with Crippen LogP contribution in [0.2, 0.25) is 10.0 Å². The molecule has 0 aliphatic rings. The van der Waals surface area contributed by atoms with Gasteiger partial charge in [-0.2, -0.15) is 8.78 Å². The molecule has 0 spiro atoms. The molecule has 0 bridgehead atoms. The molecule has 2 aromatic carbocycles. The molecule has 0 radical (unpaired) electrons. The van der Waals surface area contributed by atoms with E-state index >= 15 is 0 Å². The number of hydrogen-bond donors (Lipinski definition) is 0. The molecule has 0 saturated heterocycles. The van der Waals surface area contributed by atoms with Crippen LogP contribution in [0.5, 0.6) is 0 Å². The number of ketones is 1. The van der Waals surface area contributed by atoms with E-state index in [0.29, 0.717) is 29.1 Å². The second-order valence-corrected chi connectivity index (χ2v) is 6.90. The Bertz CT molecular complexity index is 983. The number of rotatable bonds is 6. The van der Waals surface area contributed by atoms with E-state index < -0.39 is 17.5 Å². The molecule has 0 atom stereocenters. The fraction of sp³-hybridized carbons (Fsp3) is 0.211. The number of aromatic nitrogens is 3. The van der Waals surface area contributed by atoms with Crippen molar-refractivity contribution >= 4 is 29.0 Å². The summed E-state index contributed by atoms with van der Waals surface area (Å²) >= 11 is 12.0. The molecular formula is C19H15Cl2F2N3O. The van der Waals surface area contributed by atoms with Crippen molar-refractivity contribution in [2.45, 2.75) is 25.7 Å². The first-order valence-electron chi connectivity index (χ1n) is 8.13. The normalized spacial score (nSPS) is 11.6. The number of carbonyl (C=O) groups is 1. The predicted octanol–water partition coefficient (Wildman–Crippen LogP) is 5.50. The molecular weight excluding hydrogens is 395 g/mol. The molecule has 1 heterocycles. The van der Waals surface area contributed by atoms with E-state index in [1.807, 2.05) is 6.07 Å². The molecule has 1 aromatic heterocycles. The Kier molecular flexibility index (Phi) is 5.58. The van der Waals surface area contributed by atoms with E-state index in [1.54, 1.807) is 36.4 Å². The van der Waals surface area contributed by atoms with E-state index in [4.69, 9.17) is 23.2 Å². The number of hydrogen-bond acceptors (Lipinski definition) is 3. The third-order valence-electron chi connectivity index (χ3n) is 3.88. The summed E-state index contributed by atoms with van der Waals surface area (Å²) < 4.78 is 28.9. The van der Waals surface area contributed by atoms with Crippen molar-refractivity contribution in [2.24, 2.45) is 0 Å². The molecule has 140 valence electrons. The van der Waals surface area contributed by atoms with Gasteiger partial charge in [0.05, 0.1) is 5.69 Å². The monoisotopic (exact) mass is 409 g/mol. The van der Waals surface area contributed by atoms with E-state index in [-0.39, 0.29) is 12.2 Å². The van der Waals surface area contributed by atoms with Gasteiger partial charge in [-0.15, -0.1) is 5.10 Å². The van der Waals surface area contributed by atoms with E-state index in [9.17, 15) is 13.6 Å². The summed E-state index contributed by atoms with van der Waals surface area (Å²) in [5, 5.41) is 4.91. The molecule has 3 aromatic rings. The second-order valence-electron chi connectivity index (χ2n) is 6.05. The lowest BCUT2D eigenvalue weighted by molar-refractivity contribution is 0.00552. The van der Waals surface area contributed by atoms with Gasteiger partial charge in [-0.25, -0.2) is 9.67 Å². The maximum absolute atomic E-state index is 14.0. The van der Waals surface area contributed by atoms with Crippen molar-refractivity contribution in [1.29, 1.82) is 0 Å². The van der Waals surface area contributed by atoms with Gasteiger partial charge in [-0.3, -0.25) is 4.79 Å². The van der Waals surface area contributed by atoms with E-state index in [2.05, 4.69) is 10.1 Å². The SMILES string of the molecule is CC(F)(F)c1nc(C(=O)CCc2ccccc2Cl)nn1-c1cccc(Cl)c1. The van der Waals surface area contributed by atoms with Crippen LogP contribution in [0.3, 0.4) is 0 Å². The Morgan fingerprint density at radius 3 is 2.56 bits per heavy atom. The first kappa shape index (κ1) is 19.5. The molecule has 0 saturated carbocycles. The Balaban J connectivity index is 1.90. The molecule has 0 aliphatic heterocycles. The summed E-state index contributed by atoms with van der Waals surface area (Å²) in [5.41, 5.74) is 1.10. The van der Waals surface area contributed by atoms with Crippen LogP contribution in [-0.2, 0) is 12.3 Å². The van der Waals surface area contributed by atoms with Crippen LogP contribution < -0.4 is 0 Å². The van der Waals surface area contributed by atoms with Crippen LogP contribution in [0.25, 0.3) is 5.69 Å². The summed E-state index contributed by atoms with van der Waals surface area (Å²) in [6.45, 7) is 0.704. The zero-order valence-electron chi connectivity index (χ0n) is 14.3. The first-order valence-corrected chi connectivity index (χ1v) is 8.89. The number of Topliss-reactive ketones (excluding diaryl/α,β-unsaturated/α-hetero) is 1. The standard InChI is InChI=1S/C19H15Cl2F2N3O/c1-19(22,23)18-24-17(25-26(18)14-7-4-6-13(20)11-14)16(27)10-9-12-5-2-3-8-15(12)21/h2-8,11H,9-10H2,1H3. The van der Waals surface area contributed by atoms with Gasteiger partial charge in [0.25, 0.3) is 0 Å². The Morgan fingerprint density at radius 2 is 1.89 bits per heavy atom. The number of carbonyl (C=O) groups excluding carboxylic acids is 1. The summed E-state index contributed by atoms with van der Waals surface area (Å²) in [7, 11) is 0. The van der Waals surface area contributed by atoms with Crippen molar-refractivity contribution in [3.8, 4) is 5.69 Å². The number of aryl methyl sites for hydroxylation is 1. The molecule has 0 N–H and O–H groups in total. The minimum Gasteiger partial charge on any atom is -0.291 e. The summed E-state index contributed by atoms with van der Waals surface area (Å²) in [6, 6.07) is 13.4. The molecule has 0 fully saturated rings. The number of halogens is 4. The van der Waals surface area contributed by atoms with Gasteiger partial charge in [-0.05, 0) is 36.2 Å². The zero-order chi connectivity index (χ0) is 19.6. The molecule has 0 aliphatic carbocycles. The highest BCUT2D eigenvalue weighted by Crippen LogP contribution is 2.28. The second kappa shape index (κ2) is 7.74. The number of benzene rings is 2. The van der Waals surface area contributed by atoms with Crippen LogP contribution >= 0.6 is 23.2 Å². The van der Waals surface area contributed by atoms with Gasteiger partial charge in [0.15, 0.2) is 0 Å². The average Bonchev–Trinajstić information content (AvgIpc) is 3.07. The van der Waals surface area contributed by atoms with E-state index in [0.717, 1.165) is 10.2 Å². The Morgan fingerprint density at radius 1 is 1.15 bits per heavy atom. The van der Waals surface area contributed by atoms with Crippen molar-refractivity contribution in [2.75, 3.05) is 0 Å². The summed E-state index contributed by atoms with van der Waals surface area (Å²) in [6.07, 6.45) is 0.417. The van der Waals surface area contributed by atoms with Crippen molar-refractivity contribution in [3.05, 3.63) is 75.8 Å². The summed E-state index contributed by atoms with van der Waals surface area (Å²) in [5.74, 6) is -4.61. The highest BCUT2D eigenvalue weighted by atomic mass is 35.5. The smallest absolute Gasteiger partial charge is 0.291 e. The first-order chi connectivity index (χ1) is 12.8. The molecule has 27 heavy (non-hydrogen) atoms. The molecule has 0 amide bonds. The van der Waals surface area contributed by atoms with Crippen molar-refractivity contribution < 1.29 is 13.6 Å². The van der Waals surface area contributed by atoms with Crippen molar-refractivity contribution in [1.82, 2.24) is 14.8 Å². The maximum atomic E-state index is 14.0. The largest absolute Gasteiger partial charge is 0.303 e. The highest BCUT2D eigenvalue weighted by Gasteiger charge is 2.34. The van der Waals surface area contributed by atoms with Crippen LogP contribution in [0.1, 0.15) is 35.4 Å². The molecule has 4 nitrogen and oxygen atoms in total. The van der Waals surface area contributed by atoms with Gasteiger partial charge in [0.2, 0.25) is 17.4 Å². The topological polar surface area (TPSA) is 47.8 Å². The van der Waals surface area contributed by atoms with Crippen LogP contribution in [0.15, 0.2) is 48.5 Å². The number of alkyl halides is 2. The fourth-order valence-electron chi connectivity index (χ4n) is 2.56. The van der Waals surface area contributed by atoms with Crippen LogP contribution in [0, 0.1) is 0 Å². The van der Waals surface area contributed by atoms with Crippen molar-refractivity contribution in [3.63, 3.8) is 0 Å². The Hall–Kier alpha value is -2.31. The lowest BCUT2D eigenvalue weighted by Gasteiger charge is -2.11. The molecule has 0 unspecified atom stereocenters. The summed E-state index contributed by atoms with van der Waals surface area (Å²) in [4.78, 5) is 16.3. The third-order valence-corrected chi connectivity index (χ3v) is 4.49. The molecule has 8 heteroatoms.